The smallest absolute Gasteiger partial charge is 0.306 e. The van der Waals surface area contributed by atoms with Crippen LogP contribution in [0.15, 0.2) is 0 Å². The molecule has 1 N–H and O–H groups in total. The van der Waals surface area contributed by atoms with Crippen molar-refractivity contribution < 1.29 is 9.90 Å². The molecular weight excluding hydrogens is 164 g/mol. The fraction of sp³-hybridized carbons (Fsp3) is 0.909. The molecule has 0 aliphatic carbocycles. The zero-order chi connectivity index (χ0) is 10.1. The Morgan fingerprint density at radius 1 is 1.15 bits per heavy atom. The first-order valence-corrected chi connectivity index (χ1v) is 5.45. The highest BCUT2D eigenvalue weighted by molar-refractivity contribution is 5.69. The van der Waals surface area contributed by atoms with Crippen molar-refractivity contribution >= 4 is 5.97 Å². The third kappa shape index (κ3) is 6.62. The summed E-state index contributed by atoms with van der Waals surface area (Å²) in [4.78, 5) is 10.7. The molecule has 0 heterocycles. The van der Waals surface area contributed by atoms with E-state index < -0.39 is 5.97 Å². The Balaban J connectivity index is 3.33. The molecule has 0 fully saturated rings. The molecule has 2 heteroatoms. The first-order chi connectivity index (χ1) is 6.22. The molecule has 0 bridgehead atoms. The number of carbonyl (C=O) groups is 1. The van der Waals surface area contributed by atoms with Crippen LogP contribution in [0, 0.1) is 5.92 Å². The molecule has 2 nitrogen and oxygen atoms in total. The van der Waals surface area contributed by atoms with Gasteiger partial charge < -0.3 is 5.11 Å². The van der Waals surface area contributed by atoms with Crippen molar-refractivity contribution in [2.45, 2.75) is 58.8 Å². The maximum atomic E-state index is 10.7. The lowest BCUT2D eigenvalue weighted by Crippen LogP contribution is -2.12. The summed E-state index contributed by atoms with van der Waals surface area (Å²) in [7, 11) is 0. The van der Waals surface area contributed by atoms with Crippen LogP contribution in [0.5, 0.6) is 0 Å². The summed E-state index contributed by atoms with van der Waals surface area (Å²) in [6, 6.07) is 0. The van der Waals surface area contributed by atoms with Gasteiger partial charge in [-0.25, -0.2) is 0 Å². The molecule has 0 radical (unpaired) electrons. The molecule has 78 valence electrons. The van der Waals surface area contributed by atoms with Crippen molar-refractivity contribution in [1.82, 2.24) is 0 Å². The Bertz CT molecular complexity index is 132. The van der Waals surface area contributed by atoms with Crippen molar-refractivity contribution in [1.29, 1.82) is 0 Å². The Kier molecular flexibility index (Phi) is 7.76. The summed E-state index contributed by atoms with van der Waals surface area (Å²) in [5.74, 6) is -0.736. The Morgan fingerprint density at radius 3 is 2.23 bits per heavy atom. The molecule has 0 rings (SSSR count). The number of hydrogen-bond donors (Lipinski definition) is 1. The van der Waals surface area contributed by atoms with Crippen LogP contribution in [0.3, 0.4) is 0 Å². The molecule has 1 atom stereocenters. The van der Waals surface area contributed by atoms with E-state index in [2.05, 4.69) is 6.92 Å². The molecule has 0 aliphatic rings. The first-order valence-electron chi connectivity index (χ1n) is 5.45. The highest BCUT2D eigenvalue weighted by Gasteiger charge is 2.13. The predicted molar refractivity (Wildman–Crippen MR) is 54.8 cm³/mol. The molecule has 0 aromatic carbocycles. The minimum absolute atomic E-state index is 0.110. The van der Waals surface area contributed by atoms with Gasteiger partial charge in [-0.3, -0.25) is 4.79 Å². The Hall–Kier alpha value is -0.530. The average Bonchev–Trinajstić information content (AvgIpc) is 2.10. The number of aliphatic carboxylic acids is 1. The van der Waals surface area contributed by atoms with E-state index in [1.807, 2.05) is 6.92 Å². The number of rotatable bonds is 8. The summed E-state index contributed by atoms with van der Waals surface area (Å²) in [6.45, 7) is 4.14. The Labute approximate surface area is 81.3 Å². The van der Waals surface area contributed by atoms with E-state index >= 15 is 0 Å². The van der Waals surface area contributed by atoms with Gasteiger partial charge in [-0.15, -0.1) is 0 Å². The second-order valence-electron chi connectivity index (χ2n) is 3.65. The maximum absolute atomic E-state index is 10.7. The second kappa shape index (κ2) is 8.09. The van der Waals surface area contributed by atoms with E-state index in [1.165, 1.54) is 25.7 Å². The molecule has 1 unspecified atom stereocenters. The summed E-state index contributed by atoms with van der Waals surface area (Å²) in [5.41, 5.74) is 0. The standard InChI is InChI=1S/C11H22O2/c1-3-5-6-7-8-9-10(4-2)11(12)13/h10H,3-9H2,1-2H3,(H,12,13). The molecule has 0 aromatic heterocycles. The zero-order valence-corrected chi connectivity index (χ0v) is 8.88. The second-order valence-corrected chi connectivity index (χ2v) is 3.65. The molecule has 0 amide bonds. The molecule has 0 aromatic rings. The minimum atomic E-state index is -0.627. The van der Waals surface area contributed by atoms with Gasteiger partial charge in [-0.1, -0.05) is 46.0 Å². The van der Waals surface area contributed by atoms with Gasteiger partial charge in [0, 0.05) is 0 Å². The van der Waals surface area contributed by atoms with E-state index in [1.54, 1.807) is 0 Å². The van der Waals surface area contributed by atoms with Gasteiger partial charge in [0.25, 0.3) is 0 Å². The van der Waals surface area contributed by atoms with Crippen LogP contribution in [0.1, 0.15) is 58.8 Å². The van der Waals surface area contributed by atoms with E-state index in [4.69, 9.17) is 5.11 Å². The third-order valence-corrected chi connectivity index (χ3v) is 2.50. The lowest BCUT2D eigenvalue weighted by atomic mass is 9.98. The highest BCUT2D eigenvalue weighted by Crippen LogP contribution is 2.14. The van der Waals surface area contributed by atoms with Crippen LogP contribution < -0.4 is 0 Å². The summed E-state index contributed by atoms with van der Waals surface area (Å²) in [6.07, 6.45) is 7.67. The van der Waals surface area contributed by atoms with Crippen molar-refractivity contribution in [2.24, 2.45) is 5.92 Å². The largest absolute Gasteiger partial charge is 0.481 e. The van der Waals surface area contributed by atoms with Gasteiger partial charge in [-0.2, -0.15) is 0 Å². The van der Waals surface area contributed by atoms with E-state index in [9.17, 15) is 4.79 Å². The van der Waals surface area contributed by atoms with Gasteiger partial charge in [0.2, 0.25) is 0 Å². The summed E-state index contributed by atoms with van der Waals surface area (Å²) >= 11 is 0. The Morgan fingerprint density at radius 2 is 1.77 bits per heavy atom. The van der Waals surface area contributed by atoms with Gasteiger partial charge >= 0.3 is 5.97 Å². The average molecular weight is 186 g/mol. The monoisotopic (exact) mass is 186 g/mol. The lowest BCUT2D eigenvalue weighted by Gasteiger charge is -2.08. The number of unbranched alkanes of at least 4 members (excludes halogenated alkanes) is 4. The molecule has 0 spiro atoms. The van der Waals surface area contributed by atoms with Crippen LogP contribution in [0.25, 0.3) is 0 Å². The highest BCUT2D eigenvalue weighted by atomic mass is 16.4. The van der Waals surface area contributed by atoms with Crippen molar-refractivity contribution in [3.8, 4) is 0 Å². The topological polar surface area (TPSA) is 37.3 Å². The van der Waals surface area contributed by atoms with Gasteiger partial charge in [0.1, 0.15) is 0 Å². The van der Waals surface area contributed by atoms with E-state index in [0.29, 0.717) is 0 Å². The SMILES string of the molecule is CCCCCCCC(CC)C(=O)O. The molecule has 13 heavy (non-hydrogen) atoms. The van der Waals surface area contributed by atoms with E-state index in [-0.39, 0.29) is 5.92 Å². The predicted octanol–water partition coefficient (Wildman–Crippen LogP) is 3.46. The molecule has 0 saturated carbocycles. The van der Waals surface area contributed by atoms with Crippen LogP contribution in [0.2, 0.25) is 0 Å². The van der Waals surface area contributed by atoms with E-state index in [0.717, 1.165) is 19.3 Å². The molecule has 0 saturated heterocycles. The maximum Gasteiger partial charge on any atom is 0.306 e. The van der Waals surface area contributed by atoms with Crippen LogP contribution in [-0.4, -0.2) is 11.1 Å². The van der Waals surface area contributed by atoms with Crippen molar-refractivity contribution in [2.75, 3.05) is 0 Å². The fourth-order valence-corrected chi connectivity index (χ4v) is 1.50. The lowest BCUT2D eigenvalue weighted by molar-refractivity contribution is -0.142. The quantitative estimate of drug-likeness (QED) is 0.589. The van der Waals surface area contributed by atoms with Gasteiger partial charge in [-0.05, 0) is 12.8 Å². The molecular formula is C11H22O2. The number of carboxylic acids is 1. The van der Waals surface area contributed by atoms with Crippen LogP contribution >= 0.6 is 0 Å². The zero-order valence-electron chi connectivity index (χ0n) is 8.88. The number of hydrogen-bond acceptors (Lipinski definition) is 1. The van der Waals surface area contributed by atoms with Crippen LogP contribution in [0.4, 0.5) is 0 Å². The molecule has 0 aliphatic heterocycles. The normalized spacial score (nSPS) is 12.8. The first kappa shape index (κ1) is 12.5. The van der Waals surface area contributed by atoms with Crippen molar-refractivity contribution in [3.05, 3.63) is 0 Å². The van der Waals surface area contributed by atoms with Gasteiger partial charge in [0.05, 0.1) is 5.92 Å². The minimum Gasteiger partial charge on any atom is -0.481 e. The summed E-state index contributed by atoms with van der Waals surface area (Å²) in [5, 5.41) is 8.78. The van der Waals surface area contributed by atoms with Crippen LogP contribution in [-0.2, 0) is 4.79 Å². The fourth-order valence-electron chi connectivity index (χ4n) is 1.50. The summed E-state index contributed by atoms with van der Waals surface area (Å²) < 4.78 is 0. The third-order valence-electron chi connectivity index (χ3n) is 2.50. The van der Waals surface area contributed by atoms with Crippen molar-refractivity contribution in [3.63, 3.8) is 0 Å². The van der Waals surface area contributed by atoms with Gasteiger partial charge in [0.15, 0.2) is 0 Å². The number of carboxylic acid groups (broad SMARTS) is 1.